The molecule has 1 fully saturated rings. The lowest BCUT2D eigenvalue weighted by molar-refractivity contribution is -0.00230. The van der Waals surface area contributed by atoms with Crippen LogP contribution in [-0.4, -0.2) is 40.5 Å². The molecular weight excluding hydrogens is 520 g/mol. The van der Waals surface area contributed by atoms with E-state index in [9.17, 15) is 18.6 Å². The summed E-state index contributed by atoms with van der Waals surface area (Å²) in [5.74, 6) is 0.240. The maximum atomic E-state index is 12.9. The van der Waals surface area contributed by atoms with Crippen LogP contribution in [0.3, 0.4) is 0 Å². The van der Waals surface area contributed by atoms with Gasteiger partial charge >= 0.3 is 0 Å². The predicted octanol–water partition coefficient (Wildman–Crippen LogP) is 3.96. The first-order chi connectivity index (χ1) is 17.1. The lowest BCUT2D eigenvalue weighted by atomic mass is 9.96. The average Bonchev–Trinajstić information content (AvgIpc) is 3.64. The first-order valence-electron chi connectivity index (χ1n) is 11.3. The molecule has 1 aliphatic carbocycles. The van der Waals surface area contributed by atoms with Gasteiger partial charge in [0.1, 0.15) is 11.4 Å². The van der Waals surface area contributed by atoms with Crippen LogP contribution >= 0.6 is 22.9 Å². The van der Waals surface area contributed by atoms with Gasteiger partial charge in [0.25, 0.3) is 0 Å². The van der Waals surface area contributed by atoms with Crippen LogP contribution in [0.4, 0.5) is 5.82 Å². The van der Waals surface area contributed by atoms with Gasteiger partial charge in [-0.25, -0.2) is 18.1 Å². The fraction of sp³-hybridized carbons (Fsp3) is 0.280. The Balaban J connectivity index is 1.64. The molecule has 36 heavy (non-hydrogen) atoms. The number of pyridine rings is 2. The Kier molecular flexibility index (Phi) is 6.52. The molecule has 1 aliphatic rings. The summed E-state index contributed by atoms with van der Waals surface area (Å²) in [6.45, 7) is 1.11. The second-order valence-corrected chi connectivity index (χ2v) is 12.6. The summed E-state index contributed by atoms with van der Waals surface area (Å²) in [7, 11) is -3.58. The summed E-state index contributed by atoms with van der Waals surface area (Å²) in [4.78, 5) is 9.57. The standard InChI is InChI=1S/C25H25ClN4O4S2/c1-25(32,13-31)15-9-10-28-19(12-15)17-4-2-3-14-11-20(35-24(14)17)23(30-36(33,34)16-5-6-16)22-18(26)7-8-21(27)29-22/h2-4,7-12,16,23,30-32H,5-6,13H2,1H3,(H2,27,29)/t23?,25-/m1/s1. The lowest BCUT2D eigenvalue weighted by Gasteiger charge is -2.21. The molecule has 0 amide bonds. The molecule has 5 N–H and O–H groups in total. The monoisotopic (exact) mass is 544 g/mol. The molecule has 0 saturated heterocycles. The highest BCUT2D eigenvalue weighted by atomic mass is 35.5. The fourth-order valence-electron chi connectivity index (χ4n) is 3.99. The molecular formula is C25H25ClN4O4S2. The van der Waals surface area contributed by atoms with Gasteiger partial charge in [-0.2, -0.15) is 0 Å². The van der Waals surface area contributed by atoms with Crippen LogP contribution in [0.2, 0.25) is 5.02 Å². The van der Waals surface area contributed by atoms with Gasteiger partial charge in [-0.1, -0.05) is 29.8 Å². The Morgan fingerprint density at radius 1 is 1.25 bits per heavy atom. The Hall–Kier alpha value is -2.60. The van der Waals surface area contributed by atoms with Gasteiger partial charge in [0.05, 0.1) is 34.3 Å². The molecule has 8 nitrogen and oxygen atoms in total. The van der Waals surface area contributed by atoms with Crippen molar-refractivity contribution in [3.63, 3.8) is 0 Å². The van der Waals surface area contributed by atoms with E-state index in [2.05, 4.69) is 14.7 Å². The van der Waals surface area contributed by atoms with E-state index in [0.717, 1.165) is 15.6 Å². The Labute approximate surface area is 217 Å². The van der Waals surface area contributed by atoms with Gasteiger partial charge in [0.15, 0.2) is 0 Å². The number of aliphatic hydroxyl groups excluding tert-OH is 1. The second kappa shape index (κ2) is 9.37. The molecule has 0 radical (unpaired) electrons. The first-order valence-corrected chi connectivity index (χ1v) is 14.1. The quantitative estimate of drug-likeness (QED) is 0.263. The van der Waals surface area contributed by atoms with Crippen LogP contribution < -0.4 is 10.5 Å². The third-order valence-corrected chi connectivity index (χ3v) is 9.71. The summed E-state index contributed by atoms with van der Waals surface area (Å²) in [6.07, 6.45) is 2.83. The molecule has 5 rings (SSSR count). The van der Waals surface area contributed by atoms with Gasteiger partial charge in [0.2, 0.25) is 10.0 Å². The molecule has 0 spiro atoms. The van der Waals surface area contributed by atoms with Crippen LogP contribution in [0, 0.1) is 0 Å². The number of fused-ring (bicyclic) bond motifs is 1. The topological polar surface area (TPSA) is 138 Å². The molecule has 1 aromatic carbocycles. The van der Waals surface area contributed by atoms with Crippen molar-refractivity contribution in [2.24, 2.45) is 0 Å². The zero-order valence-electron chi connectivity index (χ0n) is 19.3. The highest BCUT2D eigenvalue weighted by molar-refractivity contribution is 7.90. The van der Waals surface area contributed by atoms with Crippen LogP contribution in [0.5, 0.6) is 0 Å². The maximum absolute atomic E-state index is 12.9. The second-order valence-electron chi connectivity index (χ2n) is 9.13. The Morgan fingerprint density at radius 2 is 2.03 bits per heavy atom. The van der Waals surface area contributed by atoms with E-state index >= 15 is 0 Å². The molecule has 1 saturated carbocycles. The number of anilines is 1. The molecule has 3 heterocycles. The number of benzene rings is 1. The van der Waals surface area contributed by atoms with E-state index in [0.29, 0.717) is 39.7 Å². The SMILES string of the molecule is C[C@@](O)(CO)c1ccnc(-c2cccc3cc(C(NS(=O)(=O)C4CC4)c4nc(N)ccc4Cl)sc23)c1. The predicted molar refractivity (Wildman–Crippen MR) is 142 cm³/mol. The molecule has 3 aromatic heterocycles. The average molecular weight is 545 g/mol. The smallest absolute Gasteiger partial charge is 0.215 e. The fourth-order valence-corrected chi connectivity index (χ4v) is 7.04. The number of thiophene rings is 1. The Morgan fingerprint density at radius 3 is 2.75 bits per heavy atom. The third-order valence-electron chi connectivity index (χ3n) is 6.23. The van der Waals surface area contributed by atoms with Gasteiger partial charge in [-0.3, -0.25) is 4.98 Å². The number of rotatable bonds is 8. The molecule has 1 unspecified atom stereocenters. The number of hydrogen-bond acceptors (Lipinski definition) is 8. The van der Waals surface area contributed by atoms with Gasteiger partial charge in [0, 0.05) is 21.3 Å². The van der Waals surface area contributed by atoms with Crippen molar-refractivity contribution in [3.8, 4) is 11.3 Å². The summed E-state index contributed by atoms with van der Waals surface area (Å²) in [6, 6.07) is 13.4. The van der Waals surface area contributed by atoms with Crippen LogP contribution in [0.25, 0.3) is 21.3 Å². The van der Waals surface area contributed by atoms with Crippen molar-refractivity contribution in [2.45, 2.75) is 36.7 Å². The van der Waals surface area contributed by atoms with Crippen molar-refractivity contribution >= 4 is 48.9 Å². The van der Waals surface area contributed by atoms with Gasteiger partial charge in [-0.05, 0) is 61.0 Å². The molecule has 188 valence electrons. The third kappa shape index (κ3) is 4.84. The van der Waals surface area contributed by atoms with Crippen molar-refractivity contribution < 1.29 is 18.6 Å². The first kappa shape index (κ1) is 25.1. The van der Waals surface area contributed by atoms with E-state index in [1.165, 1.54) is 18.3 Å². The summed E-state index contributed by atoms with van der Waals surface area (Å²) < 4.78 is 29.6. The molecule has 4 aromatic rings. The van der Waals surface area contributed by atoms with Crippen LogP contribution in [0.15, 0.2) is 54.7 Å². The van der Waals surface area contributed by atoms with E-state index < -0.39 is 33.5 Å². The normalized spacial score (nSPS) is 16.7. The van der Waals surface area contributed by atoms with Crippen molar-refractivity contribution in [2.75, 3.05) is 12.3 Å². The van der Waals surface area contributed by atoms with E-state index in [4.69, 9.17) is 17.3 Å². The summed E-state index contributed by atoms with van der Waals surface area (Å²) in [5.41, 5.74) is 6.83. The number of nitrogens with one attached hydrogen (secondary N) is 1. The molecule has 2 atom stereocenters. The zero-order chi connectivity index (χ0) is 25.7. The van der Waals surface area contributed by atoms with Crippen molar-refractivity contribution in [1.82, 2.24) is 14.7 Å². The van der Waals surface area contributed by atoms with Crippen molar-refractivity contribution in [3.05, 3.63) is 75.9 Å². The number of halogens is 1. The summed E-state index contributed by atoms with van der Waals surface area (Å²) >= 11 is 7.87. The molecule has 11 heteroatoms. The maximum Gasteiger partial charge on any atom is 0.215 e. The largest absolute Gasteiger partial charge is 0.393 e. The summed E-state index contributed by atoms with van der Waals surface area (Å²) in [5, 5.41) is 20.9. The lowest BCUT2D eigenvalue weighted by Crippen LogP contribution is -2.32. The van der Waals surface area contributed by atoms with Gasteiger partial charge < -0.3 is 15.9 Å². The number of sulfonamides is 1. The number of nitrogens with two attached hydrogens (primary N) is 1. The molecule has 0 aliphatic heterocycles. The van der Waals surface area contributed by atoms with E-state index in [1.54, 1.807) is 30.5 Å². The minimum atomic E-state index is -3.58. The highest BCUT2D eigenvalue weighted by Crippen LogP contribution is 2.41. The van der Waals surface area contributed by atoms with Crippen LogP contribution in [0.1, 0.15) is 41.9 Å². The molecule has 0 bridgehead atoms. The number of aromatic nitrogens is 2. The number of hydrogen-bond donors (Lipinski definition) is 4. The number of nitrogen functional groups attached to an aromatic ring is 1. The van der Waals surface area contributed by atoms with Crippen molar-refractivity contribution in [1.29, 1.82) is 0 Å². The van der Waals surface area contributed by atoms with E-state index in [1.807, 2.05) is 24.3 Å². The number of nitrogens with zero attached hydrogens (tertiary/aromatic N) is 2. The van der Waals surface area contributed by atoms with E-state index in [-0.39, 0.29) is 5.82 Å². The minimum Gasteiger partial charge on any atom is -0.393 e. The van der Waals surface area contributed by atoms with Gasteiger partial charge in [-0.15, -0.1) is 11.3 Å². The highest BCUT2D eigenvalue weighted by Gasteiger charge is 2.38. The minimum absolute atomic E-state index is 0.240. The number of aliphatic hydroxyl groups is 2. The zero-order valence-corrected chi connectivity index (χ0v) is 21.7. The Bertz CT molecular complexity index is 1550. The van der Waals surface area contributed by atoms with Crippen LogP contribution in [-0.2, 0) is 15.6 Å².